The summed E-state index contributed by atoms with van der Waals surface area (Å²) in [5, 5.41) is 19.7. The van der Waals surface area contributed by atoms with E-state index in [0.29, 0.717) is 16.2 Å². The van der Waals surface area contributed by atoms with Gasteiger partial charge in [-0.3, -0.25) is 9.67 Å². The summed E-state index contributed by atoms with van der Waals surface area (Å²) in [5.74, 6) is 0.765. The van der Waals surface area contributed by atoms with Crippen LogP contribution in [-0.2, 0) is 6.42 Å². The van der Waals surface area contributed by atoms with Crippen LogP contribution in [0.3, 0.4) is 0 Å². The molecule has 0 fully saturated rings. The number of H-pyrrole nitrogens is 1. The lowest BCUT2D eigenvalue weighted by molar-refractivity contribution is 0.476. The number of fused-ring (bicyclic) bond motifs is 1. The van der Waals surface area contributed by atoms with Gasteiger partial charge in [-0.2, -0.15) is 5.10 Å². The van der Waals surface area contributed by atoms with Gasteiger partial charge in [0.1, 0.15) is 5.75 Å². The Morgan fingerprint density at radius 2 is 1.92 bits per heavy atom. The lowest BCUT2D eigenvalue weighted by Gasteiger charge is -2.12. The van der Waals surface area contributed by atoms with Crippen molar-refractivity contribution >= 4 is 23.0 Å². The van der Waals surface area contributed by atoms with Gasteiger partial charge in [0.05, 0.1) is 11.3 Å². The van der Waals surface area contributed by atoms with Gasteiger partial charge in [-0.25, -0.2) is 0 Å². The Hall–Kier alpha value is -2.92. The first kappa shape index (κ1) is 15.6. The zero-order valence-electron chi connectivity index (χ0n) is 13.7. The SMILES string of the molecule is CCc1ccc2c(-n3c(-c4ccccc4O)n[nH]c3=S)cccc2c1. The Labute approximate surface area is 150 Å². The second-order valence-corrected chi connectivity index (χ2v) is 6.28. The minimum absolute atomic E-state index is 0.172. The lowest BCUT2D eigenvalue weighted by atomic mass is 10.0. The molecule has 0 saturated carbocycles. The van der Waals surface area contributed by atoms with Gasteiger partial charge in [-0.15, -0.1) is 0 Å². The number of phenols is 1. The van der Waals surface area contributed by atoms with Crippen molar-refractivity contribution in [3.8, 4) is 22.8 Å². The second-order valence-electron chi connectivity index (χ2n) is 5.89. The van der Waals surface area contributed by atoms with Gasteiger partial charge in [-0.05, 0) is 47.8 Å². The molecule has 25 heavy (non-hydrogen) atoms. The van der Waals surface area contributed by atoms with Gasteiger partial charge in [0.2, 0.25) is 0 Å². The molecule has 4 aromatic rings. The highest BCUT2D eigenvalue weighted by molar-refractivity contribution is 7.71. The van der Waals surface area contributed by atoms with Gasteiger partial charge < -0.3 is 5.11 Å². The van der Waals surface area contributed by atoms with E-state index in [1.165, 1.54) is 5.56 Å². The van der Waals surface area contributed by atoms with Crippen molar-refractivity contribution < 1.29 is 5.11 Å². The quantitative estimate of drug-likeness (QED) is 0.512. The number of phenolic OH excluding ortho intramolecular Hbond substituents is 1. The number of rotatable bonds is 3. The topological polar surface area (TPSA) is 53.8 Å². The molecule has 0 spiro atoms. The van der Waals surface area contributed by atoms with Crippen molar-refractivity contribution in [1.82, 2.24) is 14.8 Å². The third-order valence-corrected chi connectivity index (χ3v) is 4.66. The van der Waals surface area contributed by atoms with Crippen LogP contribution in [0.5, 0.6) is 5.75 Å². The molecule has 124 valence electrons. The molecule has 1 heterocycles. The summed E-state index contributed by atoms with van der Waals surface area (Å²) in [4.78, 5) is 0. The number of aromatic amines is 1. The molecule has 4 rings (SSSR count). The normalized spacial score (nSPS) is 11.1. The van der Waals surface area contributed by atoms with Crippen LogP contribution in [0.1, 0.15) is 12.5 Å². The van der Waals surface area contributed by atoms with Crippen LogP contribution < -0.4 is 0 Å². The molecule has 0 unspecified atom stereocenters. The highest BCUT2D eigenvalue weighted by Crippen LogP contribution is 2.31. The number of hydrogen-bond donors (Lipinski definition) is 2. The minimum atomic E-state index is 0.172. The van der Waals surface area contributed by atoms with E-state index >= 15 is 0 Å². The number of nitrogens with one attached hydrogen (secondary N) is 1. The van der Waals surface area contributed by atoms with E-state index in [4.69, 9.17) is 12.2 Å². The molecule has 5 heteroatoms. The van der Waals surface area contributed by atoms with Crippen LogP contribution in [0.2, 0.25) is 0 Å². The Kier molecular flexibility index (Phi) is 3.86. The third-order valence-electron chi connectivity index (χ3n) is 4.39. The van der Waals surface area contributed by atoms with Crippen molar-refractivity contribution in [1.29, 1.82) is 0 Å². The summed E-state index contributed by atoms with van der Waals surface area (Å²) < 4.78 is 2.36. The lowest BCUT2D eigenvalue weighted by Crippen LogP contribution is -1.99. The smallest absolute Gasteiger partial charge is 0.200 e. The van der Waals surface area contributed by atoms with E-state index in [1.807, 2.05) is 28.8 Å². The highest BCUT2D eigenvalue weighted by Gasteiger charge is 2.15. The Balaban J connectivity index is 2.01. The molecule has 0 radical (unpaired) electrons. The van der Waals surface area contributed by atoms with Crippen LogP contribution in [-0.4, -0.2) is 19.9 Å². The van der Waals surface area contributed by atoms with Crippen molar-refractivity contribution in [2.45, 2.75) is 13.3 Å². The number of aryl methyl sites for hydroxylation is 1. The molecule has 0 saturated heterocycles. The molecule has 3 aromatic carbocycles. The number of aromatic nitrogens is 3. The summed E-state index contributed by atoms with van der Waals surface area (Å²) in [6.45, 7) is 2.15. The fourth-order valence-corrected chi connectivity index (χ4v) is 3.33. The maximum Gasteiger partial charge on any atom is 0.200 e. The van der Waals surface area contributed by atoms with E-state index in [-0.39, 0.29) is 5.75 Å². The minimum Gasteiger partial charge on any atom is -0.507 e. The highest BCUT2D eigenvalue weighted by atomic mass is 32.1. The number of nitrogens with zero attached hydrogens (tertiary/aromatic N) is 2. The molecular formula is C20H17N3OS. The summed E-state index contributed by atoms with van der Waals surface area (Å²) in [7, 11) is 0. The van der Waals surface area contributed by atoms with Gasteiger partial charge in [0.15, 0.2) is 10.6 Å². The fraction of sp³-hybridized carbons (Fsp3) is 0.100. The Morgan fingerprint density at radius 3 is 2.72 bits per heavy atom. The molecule has 0 bridgehead atoms. The van der Waals surface area contributed by atoms with Crippen LogP contribution in [0.25, 0.3) is 27.8 Å². The first-order valence-corrected chi connectivity index (χ1v) is 8.57. The standard InChI is InChI=1S/C20H17N3OS/c1-2-13-10-11-15-14(12-13)6-5-8-17(15)23-19(21-22-20(23)25)16-7-3-4-9-18(16)24/h3-12,24H,2H2,1H3,(H,22,25). The summed E-state index contributed by atoms with van der Waals surface area (Å²) >= 11 is 5.47. The van der Waals surface area contributed by atoms with Crippen molar-refractivity contribution in [2.24, 2.45) is 0 Å². The van der Waals surface area contributed by atoms with Crippen molar-refractivity contribution in [2.75, 3.05) is 0 Å². The second kappa shape index (κ2) is 6.18. The molecule has 0 amide bonds. The number of hydrogen-bond acceptors (Lipinski definition) is 3. The van der Waals surface area contributed by atoms with Crippen LogP contribution in [0.4, 0.5) is 0 Å². The third kappa shape index (κ3) is 2.62. The van der Waals surface area contributed by atoms with Crippen LogP contribution >= 0.6 is 12.2 Å². The zero-order valence-corrected chi connectivity index (χ0v) is 14.5. The van der Waals surface area contributed by atoms with Gasteiger partial charge in [0.25, 0.3) is 0 Å². The summed E-state index contributed by atoms with van der Waals surface area (Å²) in [6, 6.07) is 19.7. The van der Waals surface area contributed by atoms with E-state index in [9.17, 15) is 5.11 Å². The Morgan fingerprint density at radius 1 is 1.08 bits per heavy atom. The van der Waals surface area contributed by atoms with E-state index in [1.54, 1.807) is 12.1 Å². The largest absolute Gasteiger partial charge is 0.507 e. The van der Waals surface area contributed by atoms with Crippen LogP contribution in [0.15, 0.2) is 60.7 Å². The zero-order chi connectivity index (χ0) is 17.4. The van der Waals surface area contributed by atoms with E-state index in [2.05, 4.69) is 41.4 Å². The maximum atomic E-state index is 10.2. The average molecular weight is 347 g/mol. The Bertz CT molecular complexity index is 1130. The predicted molar refractivity (Wildman–Crippen MR) is 103 cm³/mol. The first-order valence-electron chi connectivity index (χ1n) is 8.17. The van der Waals surface area contributed by atoms with Crippen molar-refractivity contribution in [3.05, 3.63) is 71.0 Å². The van der Waals surface area contributed by atoms with E-state index < -0.39 is 0 Å². The van der Waals surface area contributed by atoms with Gasteiger partial charge in [-0.1, -0.05) is 49.4 Å². The average Bonchev–Trinajstić information content (AvgIpc) is 3.02. The summed E-state index contributed by atoms with van der Waals surface area (Å²) in [6.07, 6.45) is 0.994. The molecule has 0 aliphatic heterocycles. The molecular weight excluding hydrogens is 330 g/mol. The van der Waals surface area contributed by atoms with E-state index in [0.717, 1.165) is 22.9 Å². The molecule has 0 aliphatic rings. The number of para-hydroxylation sites is 1. The number of benzene rings is 3. The fourth-order valence-electron chi connectivity index (χ4n) is 3.09. The predicted octanol–water partition coefficient (Wildman–Crippen LogP) is 5.02. The molecule has 1 aromatic heterocycles. The molecule has 0 aliphatic carbocycles. The number of aromatic hydroxyl groups is 1. The van der Waals surface area contributed by atoms with Gasteiger partial charge >= 0.3 is 0 Å². The molecule has 2 N–H and O–H groups in total. The van der Waals surface area contributed by atoms with Crippen LogP contribution in [0, 0.1) is 4.77 Å². The molecule has 0 atom stereocenters. The maximum absolute atomic E-state index is 10.2. The molecule has 4 nitrogen and oxygen atoms in total. The van der Waals surface area contributed by atoms with Crippen molar-refractivity contribution in [3.63, 3.8) is 0 Å². The monoisotopic (exact) mass is 347 g/mol. The summed E-state index contributed by atoms with van der Waals surface area (Å²) in [5.41, 5.74) is 2.87. The first-order chi connectivity index (χ1) is 12.2. The van der Waals surface area contributed by atoms with Gasteiger partial charge in [0, 0.05) is 5.39 Å².